The fourth-order valence-electron chi connectivity index (χ4n) is 1.50. The summed E-state index contributed by atoms with van der Waals surface area (Å²) in [5.74, 6) is 0.246. The summed E-state index contributed by atoms with van der Waals surface area (Å²) in [5.41, 5.74) is 8.21. The van der Waals surface area contributed by atoms with Gasteiger partial charge in [-0.2, -0.15) is 0 Å². The molecule has 1 amide bonds. The maximum Gasteiger partial charge on any atom is 0.258 e. The van der Waals surface area contributed by atoms with Crippen LogP contribution in [0, 0.1) is 13.8 Å². The molecule has 0 fully saturated rings. The summed E-state index contributed by atoms with van der Waals surface area (Å²) < 4.78 is 0. The lowest BCUT2D eigenvalue weighted by molar-refractivity contribution is 0.102. The van der Waals surface area contributed by atoms with Crippen molar-refractivity contribution in [3.63, 3.8) is 0 Å². The van der Waals surface area contributed by atoms with Gasteiger partial charge in [0.15, 0.2) is 0 Å². The van der Waals surface area contributed by atoms with E-state index in [1.165, 1.54) is 6.20 Å². The molecule has 0 aliphatic carbocycles. The van der Waals surface area contributed by atoms with Gasteiger partial charge < -0.3 is 11.1 Å². The Bertz CT molecular complexity index is 578. The fourth-order valence-corrected chi connectivity index (χ4v) is 1.50. The van der Waals surface area contributed by atoms with Gasteiger partial charge in [-0.15, -0.1) is 0 Å². The summed E-state index contributed by atoms with van der Waals surface area (Å²) in [5, 5.41) is 2.71. The Hall–Kier alpha value is -2.43. The smallest absolute Gasteiger partial charge is 0.258 e. The molecule has 0 spiro atoms. The maximum absolute atomic E-state index is 12.0. The van der Waals surface area contributed by atoms with Gasteiger partial charge in [0, 0.05) is 6.20 Å². The number of nitrogens with one attached hydrogen (secondary N) is 1. The maximum atomic E-state index is 12.0. The van der Waals surface area contributed by atoms with E-state index in [1.807, 2.05) is 13.0 Å². The Labute approximate surface area is 105 Å². The third-order valence-electron chi connectivity index (χ3n) is 2.51. The van der Waals surface area contributed by atoms with Crippen LogP contribution in [0.15, 0.2) is 30.6 Å². The molecule has 2 aromatic heterocycles. The van der Waals surface area contributed by atoms with Gasteiger partial charge in [0.05, 0.1) is 23.1 Å². The van der Waals surface area contributed by atoms with E-state index in [9.17, 15) is 4.79 Å². The minimum atomic E-state index is -0.261. The van der Waals surface area contributed by atoms with Crippen LogP contribution in [0.2, 0.25) is 0 Å². The number of pyridine rings is 2. The molecule has 0 bridgehead atoms. The van der Waals surface area contributed by atoms with E-state index < -0.39 is 0 Å². The molecule has 0 unspecified atom stereocenters. The molecule has 0 radical (unpaired) electrons. The molecule has 92 valence electrons. The van der Waals surface area contributed by atoms with Crippen LogP contribution in [0.4, 0.5) is 11.5 Å². The number of carbonyl (C=O) groups is 1. The van der Waals surface area contributed by atoms with E-state index in [1.54, 1.807) is 25.3 Å². The third kappa shape index (κ3) is 2.63. The third-order valence-corrected chi connectivity index (χ3v) is 2.51. The van der Waals surface area contributed by atoms with E-state index in [4.69, 9.17) is 5.73 Å². The average molecular weight is 242 g/mol. The Morgan fingerprint density at radius 2 is 2.00 bits per heavy atom. The molecule has 2 rings (SSSR count). The van der Waals surface area contributed by atoms with Crippen molar-refractivity contribution in [1.29, 1.82) is 0 Å². The first-order chi connectivity index (χ1) is 8.56. The van der Waals surface area contributed by atoms with Crippen LogP contribution < -0.4 is 11.1 Å². The standard InChI is InChI=1S/C13H14N4O/c1-8-3-4-12(16-6-8)17-13(18)11-5-10(14)7-15-9(11)2/h3-7H,14H2,1-2H3,(H,16,17,18). The van der Waals surface area contributed by atoms with Crippen LogP contribution in [-0.4, -0.2) is 15.9 Å². The number of amides is 1. The normalized spacial score (nSPS) is 10.1. The SMILES string of the molecule is Cc1ccc(NC(=O)c2cc(N)cnc2C)nc1. The number of hydrogen-bond acceptors (Lipinski definition) is 4. The lowest BCUT2D eigenvalue weighted by Gasteiger charge is -2.07. The largest absolute Gasteiger partial charge is 0.397 e. The average Bonchev–Trinajstić information content (AvgIpc) is 2.35. The zero-order chi connectivity index (χ0) is 13.1. The Morgan fingerprint density at radius 1 is 1.22 bits per heavy atom. The second-order valence-electron chi connectivity index (χ2n) is 4.08. The molecule has 3 N–H and O–H groups in total. The summed E-state index contributed by atoms with van der Waals surface area (Å²) in [4.78, 5) is 20.2. The van der Waals surface area contributed by atoms with Gasteiger partial charge in [0.25, 0.3) is 5.91 Å². The fraction of sp³-hybridized carbons (Fsp3) is 0.154. The van der Waals surface area contributed by atoms with Gasteiger partial charge in [0.1, 0.15) is 5.82 Å². The zero-order valence-electron chi connectivity index (χ0n) is 10.3. The zero-order valence-corrected chi connectivity index (χ0v) is 10.3. The van der Waals surface area contributed by atoms with Crippen LogP contribution in [0.5, 0.6) is 0 Å². The van der Waals surface area contributed by atoms with Crippen molar-refractivity contribution in [2.45, 2.75) is 13.8 Å². The molecule has 5 heteroatoms. The number of nitrogen functional groups attached to an aromatic ring is 1. The molecule has 0 aliphatic heterocycles. The highest BCUT2D eigenvalue weighted by Gasteiger charge is 2.11. The van der Waals surface area contributed by atoms with Gasteiger partial charge in [-0.05, 0) is 31.5 Å². The minimum Gasteiger partial charge on any atom is -0.397 e. The molecule has 0 atom stereocenters. The molecule has 0 saturated heterocycles. The summed E-state index contributed by atoms with van der Waals surface area (Å²) in [6.07, 6.45) is 3.22. The molecule has 0 saturated carbocycles. The van der Waals surface area contributed by atoms with Crippen molar-refractivity contribution in [2.24, 2.45) is 0 Å². The summed E-state index contributed by atoms with van der Waals surface area (Å²) in [6, 6.07) is 5.24. The van der Waals surface area contributed by atoms with Crippen LogP contribution in [0.25, 0.3) is 0 Å². The summed E-state index contributed by atoms with van der Waals surface area (Å²) >= 11 is 0. The number of aromatic nitrogens is 2. The topological polar surface area (TPSA) is 80.9 Å². The predicted octanol–water partition coefficient (Wildman–Crippen LogP) is 1.93. The molecular weight excluding hydrogens is 228 g/mol. The van der Waals surface area contributed by atoms with Crippen molar-refractivity contribution < 1.29 is 4.79 Å². The second-order valence-corrected chi connectivity index (χ2v) is 4.08. The van der Waals surface area contributed by atoms with Crippen molar-refractivity contribution in [3.05, 3.63) is 47.4 Å². The first-order valence-corrected chi connectivity index (χ1v) is 5.52. The number of anilines is 2. The van der Waals surface area contributed by atoms with Crippen LogP contribution in [-0.2, 0) is 0 Å². The van der Waals surface area contributed by atoms with E-state index in [0.717, 1.165) is 5.56 Å². The number of nitrogens with two attached hydrogens (primary N) is 1. The van der Waals surface area contributed by atoms with Gasteiger partial charge in [-0.1, -0.05) is 6.07 Å². The summed E-state index contributed by atoms with van der Waals surface area (Å²) in [7, 11) is 0. The van der Waals surface area contributed by atoms with Crippen molar-refractivity contribution in [3.8, 4) is 0 Å². The second kappa shape index (κ2) is 4.83. The molecule has 5 nitrogen and oxygen atoms in total. The van der Waals surface area contributed by atoms with E-state index >= 15 is 0 Å². The molecule has 18 heavy (non-hydrogen) atoms. The van der Waals surface area contributed by atoms with Crippen molar-refractivity contribution >= 4 is 17.4 Å². The molecule has 0 aromatic carbocycles. The van der Waals surface area contributed by atoms with E-state index in [0.29, 0.717) is 22.8 Å². The Balaban J connectivity index is 2.21. The number of nitrogens with zero attached hydrogens (tertiary/aromatic N) is 2. The number of rotatable bonds is 2. The first-order valence-electron chi connectivity index (χ1n) is 5.52. The monoisotopic (exact) mass is 242 g/mol. The van der Waals surface area contributed by atoms with Gasteiger partial charge >= 0.3 is 0 Å². The van der Waals surface area contributed by atoms with Crippen molar-refractivity contribution in [1.82, 2.24) is 9.97 Å². The lowest BCUT2D eigenvalue weighted by atomic mass is 10.2. The molecule has 2 heterocycles. The number of hydrogen-bond donors (Lipinski definition) is 2. The summed E-state index contributed by atoms with van der Waals surface area (Å²) in [6.45, 7) is 3.70. The van der Waals surface area contributed by atoms with Gasteiger partial charge in [-0.3, -0.25) is 9.78 Å². The van der Waals surface area contributed by atoms with Crippen LogP contribution in [0.1, 0.15) is 21.6 Å². The molecule has 0 aliphatic rings. The quantitative estimate of drug-likeness (QED) is 0.843. The molecule has 2 aromatic rings. The van der Waals surface area contributed by atoms with Gasteiger partial charge in [-0.25, -0.2) is 4.98 Å². The van der Waals surface area contributed by atoms with E-state index in [-0.39, 0.29) is 5.91 Å². The van der Waals surface area contributed by atoms with Gasteiger partial charge in [0.2, 0.25) is 0 Å². The Morgan fingerprint density at radius 3 is 2.67 bits per heavy atom. The predicted molar refractivity (Wildman–Crippen MR) is 70.3 cm³/mol. The number of aryl methyl sites for hydroxylation is 2. The molecular formula is C13H14N4O. The minimum absolute atomic E-state index is 0.261. The highest BCUT2D eigenvalue weighted by Crippen LogP contribution is 2.12. The lowest BCUT2D eigenvalue weighted by Crippen LogP contribution is -2.15. The Kier molecular flexibility index (Phi) is 3.23. The van der Waals surface area contributed by atoms with Crippen LogP contribution >= 0.6 is 0 Å². The number of carbonyl (C=O) groups excluding carboxylic acids is 1. The highest BCUT2D eigenvalue weighted by atomic mass is 16.1. The van der Waals surface area contributed by atoms with Crippen LogP contribution in [0.3, 0.4) is 0 Å². The van der Waals surface area contributed by atoms with Crippen molar-refractivity contribution in [2.75, 3.05) is 11.1 Å². The first kappa shape index (κ1) is 12.0. The van der Waals surface area contributed by atoms with E-state index in [2.05, 4.69) is 15.3 Å². The highest BCUT2D eigenvalue weighted by molar-refractivity contribution is 6.04.